The average molecular weight is 285 g/mol. The van der Waals surface area contributed by atoms with E-state index in [1.807, 2.05) is 0 Å². The normalized spacial score (nSPS) is 26.8. The Labute approximate surface area is 121 Å². The van der Waals surface area contributed by atoms with Crippen molar-refractivity contribution in [1.82, 2.24) is 14.7 Å². The molecule has 0 radical (unpaired) electrons. The number of carbonyl (C=O) groups is 1. The number of aliphatic carboxylic acids is 1. The van der Waals surface area contributed by atoms with Crippen molar-refractivity contribution >= 4 is 5.97 Å². The minimum absolute atomic E-state index is 0.176. The molecule has 0 aliphatic carbocycles. The Morgan fingerprint density at radius 3 is 2.15 bits per heavy atom. The summed E-state index contributed by atoms with van der Waals surface area (Å²) >= 11 is 0. The lowest BCUT2D eigenvalue weighted by atomic mass is 9.98. The highest BCUT2D eigenvalue weighted by atomic mass is 16.4. The van der Waals surface area contributed by atoms with E-state index >= 15 is 0 Å². The van der Waals surface area contributed by atoms with Gasteiger partial charge in [-0.2, -0.15) is 0 Å². The van der Waals surface area contributed by atoms with Gasteiger partial charge in [-0.3, -0.25) is 14.6 Å². The van der Waals surface area contributed by atoms with E-state index in [0.717, 1.165) is 65.2 Å². The molecule has 0 bridgehead atoms. The fourth-order valence-corrected chi connectivity index (χ4v) is 3.12. The summed E-state index contributed by atoms with van der Waals surface area (Å²) in [6.07, 6.45) is 1.83. The maximum Gasteiger partial charge on any atom is 0.307 e. The van der Waals surface area contributed by atoms with Gasteiger partial charge in [0, 0.05) is 52.4 Å². The van der Waals surface area contributed by atoms with Crippen molar-refractivity contribution in [2.45, 2.75) is 12.8 Å². The van der Waals surface area contributed by atoms with Crippen molar-refractivity contribution in [3.63, 3.8) is 0 Å². The van der Waals surface area contributed by atoms with Gasteiger partial charge in [-0.15, -0.1) is 0 Å². The first kappa shape index (κ1) is 15.7. The SMILES string of the molecule is O=C(O)C1CCCN(CCN2CCN(CCO)CC2)C1. The molecular formula is C14H27N3O3. The number of piperazine rings is 1. The molecule has 6 heteroatoms. The summed E-state index contributed by atoms with van der Waals surface area (Å²) in [6, 6.07) is 0. The second-order valence-electron chi connectivity index (χ2n) is 5.88. The zero-order chi connectivity index (χ0) is 14.4. The summed E-state index contributed by atoms with van der Waals surface area (Å²) in [7, 11) is 0. The molecule has 20 heavy (non-hydrogen) atoms. The summed E-state index contributed by atoms with van der Waals surface area (Å²) in [6.45, 7) is 8.92. The quantitative estimate of drug-likeness (QED) is 0.679. The van der Waals surface area contributed by atoms with Crippen molar-refractivity contribution in [2.24, 2.45) is 5.92 Å². The first-order chi connectivity index (χ1) is 9.69. The molecule has 2 saturated heterocycles. The van der Waals surface area contributed by atoms with Crippen LogP contribution < -0.4 is 0 Å². The van der Waals surface area contributed by atoms with Gasteiger partial charge in [0.1, 0.15) is 0 Å². The van der Waals surface area contributed by atoms with Crippen LogP contribution in [0.15, 0.2) is 0 Å². The molecule has 0 amide bonds. The molecule has 6 nitrogen and oxygen atoms in total. The lowest BCUT2D eigenvalue weighted by Crippen LogP contribution is -2.50. The largest absolute Gasteiger partial charge is 0.481 e. The number of carboxylic acids is 1. The minimum atomic E-state index is -0.646. The highest BCUT2D eigenvalue weighted by Crippen LogP contribution is 2.16. The first-order valence-corrected chi connectivity index (χ1v) is 7.70. The Morgan fingerprint density at radius 2 is 1.55 bits per heavy atom. The Balaban J connectivity index is 1.64. The predicted octanol–water partition coefficient (Wildman–Crippen LogP) is -0.607. The van der Waals surface area contributed by atoms with Crippen LogP contribution in [0.3, 0.4) is 0 Å². The Morgan fingerprint density at radius 1 is 0.950 bits per heavy atom. The van der Waals surface area contributed by atoms with Gasteiger partial charge in [0.25, 0.3) is 0 Å². The maximum absolute atomic E-state index is 11.0. The fraction of sp³-hybridized carbons (Fsp3) is 0.929. The standard InChI is InChI=1S/C14H27N3O3/c18-11-10-16-6-4-15(5-7-16)8-9-17-3-1-2-13(12-17)14(19)20/h13,18H,1-12H2,(H,19,20). The number of nitrogens with zero attached hydrogens (tertiary/aromatic N) is 3. The number of aliphatic hydroxyl groups is 1. The molecule has 1 unspecified atom stereocenters. The predicted molar refractivity (Wildman–Crippen MR) is 76.8 cm³/mol. The van der Waals surface area contributed by atoms with Gasteiger partial charge in [-0.25, -0.2) is 0 Å². The highest BCUT2D eigenvalue weighted by Gasteiger charge is 2.25. The van der Waals surface area contributed by atoms with Gasteiger partial charge in [-0.1, -0.05) is 0 Å². The molecule has 0 spiro atoms. The number of piperidine rings is 1. The third kappa shape index (κ3) is 4.70. The highest BCUT2D eigenvalue weighted by molar-refractivity contribution is 5.70. The van der Waals surface area contributed by atoms with Crippen LogP contribution in [0.1, 0.15) is 12.8 Å². The Bertz CT molecular complexity index is 306. The van der Waals surface area contributed by atoms with Crippen molar-refractivity contribution in [3.05, 3.63) is 0 Å². The number of carboxylic acid groups (broad SMARTS) is 1. The summed E-state index contributed by atoms with van der Waals surface area (Å²) in [4.78, 5) is 18.1. The molecular weight excluding hydrogens is 258 g/mol. The molecule has 0 saturated carbocycles. The second kappa shape index (κ2) is 7.93. The number of β-amino-alcohol motifs (C(OH)–C–C–N with tert-alkyl or cyclic N) is 1. The van der Waals surface area contributed by atoms with Gasteiger partial charge in [0.05, 0.1) is 12.5 Å². The van der Waals surface area contributed by atoms with Crippen LogP contribution in [0.2, 0.25) is 0 Å². The van der Waals surface area contributed by atoms with Gasteiger partial charge in [0.15, 0.2) is 0 Å². The van der Waals surface area contributed by atoms with E-state index in [1.54, 1.807) is 0 Å². The number of rotatable bonds is 6. The number of hydrogen-bond acceptors (Lipinski definition) is 5. The third-order valence-corrected chi connectivity index (χ3v) is 4.47. The molecule has 2 aliphatic heterocycles. The monoisotopic (exact) mass is 285 g/mol. The third-order valence-electron chi connectivity index (χ3n) is 4.47. The van der Waals surface area contributed by atoms with Crippen molar-refractivity contribution in [1.29, 1.82) is 0 Å². The van der Waals surface area contributed by atoms with Crippen LogP contribution in [0.25, 0.3) is 0 Å². The lowest BCUT2D eigenvalue weighted by Gasteiger charge is -2.36. The fourth-order valence-electron chi connectivity index (χ4n) is 3.12. The molecule has 1 atom stereocenters. The smallest absolute Gasteiger partial charge is 0.307 e. The van der Waals surface area contributed by atoms with Crippen molar-refractivity contribution in [2.75, 3.05) is 65.5 Å². The second-order valence-corrected chi connectivity index (χ2v) is 5.88. The zero-order valence-corrected chi connectivity index (χ0v) is 12.2. The number of aliphatic hydroxyl groups excluding tert-OH is 1. The van der Waals surface area contributed by atoms with Gasteiger partial charge < -0.3 is 15.1 Å². The maximum atomic E-state index is 11.0. The molecule has 0 aromatic carbocycles. The van der Waals surface area contributed by atoms with Crippen molar-refractivity contribution < 1.29 is 15.0 Å². The van der Waals surface area contributed by atoms with Gasteiger partial charge in [0.2, 0.25) is 0 Å². The molecule has 2 heterocycles. The molecule has 2 fully saturated rings. The molecule has 116 valence electrons. The van der Waals surface area contributed by atoms with Crippen LogP contribution in [-0.4, -0.2) is 96.4 Å². The topological polar surface area (TPSA) is 67.2 Å². The van der Waals surface area contributed by atoms with Crippen LogP contribution in [0.4, 0.5) is 0 Å². The Kier molecular flexibility index (Phi) is 6.22. The van der Waals surface area contributed by atoms with E-state index in [2.05, 4.69) is 14.7 Å². The van der Waals surface area contributed by atoms with Gasteiger partial charge in [-0.05, 0) is 19.4 Å². The minimum Gasteiger partial charge on any atom is -0.481 e. The van der Waals surface area contributed by atoms with Crippen LogP contribution in [0.5, 0.6) is 0 Å². The molecule has 2 aliphatic rings. The average Bonchev–Trinajstić information content (AvgIpc) is 2.47. The first-order valence-electron chi connectivity index (χ1n) is 7.70. The van der Waals surface area contributed by atoms with Gasteiger partial charge >= 0.3 is 5.97 Å². The van der Waals surface area contributed by atoms with E-state index in [4.69, 9.17) is 10.2 Å². The van der Waals surface area contributed by atoms with Crippen LogP contribution >= 0.6 is 0 Å². The van der Waals surface area contributed by atoms with E-state index < -0.39 is 5.97 Å². The number of likely N-dealkylation sites (tertiary alicyclic amines) is 1. The van der Waals surface area contributed by atoms with Crippen LogP contribution in [-0.2, 0) is 4.79 Å². The van der Waals surface area contributed by atoms with Crippen molar-refractivity contribution in [3.8, 4) is 0 Å². The number of hydrogen-bond donors (Lipinski definition) is 2. The summed E-state index contributed by atoms with van der Waals surface area (Å²) < 4.78 is 0. The van der Waals surface area contributed by atoms with E-state index in [9.17, 15) is 4.79 Å². The van der Waals surface area contributed by atoms with E-state index in [0.29, 0.717) is 6.54 Å². The molecule has 0 aromatic heterocycles. The summed E-state index contributed by atoms with van der Waals surface area (Å²) in [5, 5.41) is 18.0. The summed E-state index contributed by atoms with van der Waals surface area (Å²) in [5.41, 5.74) is 0. The summed E-state index contributed by atoms with van der Waals surface area (Å²) in [5.74, 6) is -0.822. The van der Waals surface area contributed by atoms with Crippen LogP contribution in [0, 0.1) is 5.92 Å². The van der Waals surface area contributed by atoms with E-state index in [-0.39, 0.29) is 12.5 Å². The Hall–Kier alpha value is -0.690. The molecule has 2 rings (SSSR count). The molecule has 2 N–H and O–H groups in total. The molecule has 0 aromatic rings. The zero-order valence-electron chi connectivity index (χ0n) is 12.2. The lowest BCUT2D eigenvalue weighted by molar-refractivity contribution is -0.143. The van der Waals surface area contributed by atoms with E-state index in [1.165, 1.54) is 0 Å².